The maximum absolute atomic E-state index is 13.1. The highest BCUT2D eigenvalue weighted by Crippen LogP contribution is 2.33. The van der Waals surface area contributed by atoms with E-state index in [4.69, 9.17) is 9.47 Å². The van der Waals surface area contributed by atoms with Crippen molar-refractivity contribution in [3.05, 3.63) is 23.8 Å². The summed E-state index contributed by atoms with van der Waals surface area (Å²) in [6.07, 6.45) is 0.596. The third-order valence-corrected chi connectivity index (χ3v) is 6.65. The van der Waals surface area contributed by atoms with Crippen LogP contribution >= 0.6 is 11.8 Å². The van der Waals surface area contributed by atoms with Crippen LogP contribution in [0, 0.1) is 0 Å². The molecule has 0 spiro atoms. The molecule has 1 unspecified atom stereocenters. The Bertz CT molecular complexity index is 1010. The number of carboxylic acids is 1. The molecule has 4 rings (SSSR count). The van der Waals surface area contributed by atoms with Crippen molar-refractivity contribution in [2.45, 2.75) is 49.9 Å². The van der Waals surface area contributed by atoms with Crippen LogP contribution in [0.4, 0.5) is 0 Å². The normalized spacial score (nSPS) is 22.6. The second-order valence-electron chi connectivity index (χ2n) is 7.95. The molecule has 0 bridgehead atoms. The average molecular weight is 477 g/mol. The van der Waals surface area contributed by atoms with Gasteiger partial charge in [-0.3, -0.25) is 24.2 Å². The summed E-state index contributed by atoms with van der Waals surface area (Å²) in [6, 6.07) is 2.83. The molecule has 176 valence electrons. The topological polar surface area (TPSA) is 143 Å². The quantitative estimate of drug-likeness (QED) is 0.592. The van der Waals surface area contributed by atoms with E-state index in [1.165, 1.54) is 6.92 Å². The Labute approximate surface area is 193 Å². The lowest BCUT2D eigenvalue weighted by Crippen LogP contribution is -2.68. The fourth-order valence-electron chi connectivity index (χ4n) is 4.15. The first kappa shape index (κ1) is 22.9. The summed E-state index contributed by atoms with van der Waals surface area (Å²) in [6.45, 7) is 1.69. The van der Waals surface area contributed by atoms with E-state index < -0.39 is 41.0 Å². The fourth-order valence-corrected chi connectivity index (χ4v) is 5.00. The number of fused-ring (bicyclic) bond motifs is 2. The van der Waals surface area contributed by atoms with Crippen molar-refractivity contribution in [1.82, 2.24) is 15.3 Å². The third-order valence-electron chi connectivity index (χ3n) is 5.65. The highest BCUT2D eigenvalue weighted by atomic mass is 32.2. The molecule has 1 aromatic rings. The molecule has 2 N–H and O–H groups in total. The zero-order valence-corrected chi connectivity index (χ0v) is 18.6. The molecule has 1 aromatic carbocycles. The predicted molar refractivity (Wildman–Crippen MR) is 114 cm³/mol. The molecule has 2 fully saturated rings. The zero-order valence-electron chi connectivity index (χ0n) is 17.8. The van der Waals surface area contributed by atoms with Crippen molar-refractivity contribution in [2.75, 3.05) is 13.3 Å². The van der Waals surface area contributed by atoms with E-state index in [1.54, 1.807) is 18.2 Å². The van der Waals surface area contributed by atoms with Gasteiger partial charge in [0, 0.05) is 13.5 Å². The van der Waals surface area contributed by atoms with Crippen molar-refractivity contribution in [3.63, 3.8) is 0 Å². The van der Waals surface area contributed by atoms with Crippen LogP contribution in [-0.2, 0) is 30.4 Å². The number of aliphatic carboxylic acids is 1. The van der Waals surface area contributed by atoms with E-state index in [9.17, 15) is 29.1 Å². The van der Waals surface area contributed by atoms with Gasteiger partial charge < -0.3 is 19.9 Å². The second-order valence-corrected chi connectivity index (χ2v) is 9.33. The van der Waals surface area contributed by atoms with Gasteiger partial charge in [0.1, 0.15) is 6.04 Å². The molecule has 33 heavy (non-hydrogen) atoms. The number of carboxylic acid groups (broad SMARTS) is 1. The lowest BCUT2D eigenvalue weighted by Gasteiger charge is -2.46. The number of hydrazine groups is 1. The molecule has 12 heteroatoms. The van der Waals surface area contributed by atoms with Crippen molar-refractivity contribution < 1.29 is 38.6 Å². The summed E-state index contributed by atoms with van der Waals surface area (Å²) in [5.41, 5.74) is 0.729. The highest BCUT2D eigenvalue weighted by molar-refractivity contribution is 8.14. The van der Waals surface area contributed by atoms with Crippen LogP contribution in [0.25, 0.3) is 0 Å². The number of nitrogens with one attached hydrogen (secondary N) is 1. The van der Waals surface area contributed by atoms with E-state index in [0.717, 1.165) is 27.3 Å². The predicted octanol–water partition coefficient (Wildman–Crippen LogP) is 0.314. The van der Waals surface area contributed by atoms with Crippen LogP contribution in [0.2, 0.25) is 0 Å². The van der Waals surface area contributed by atoms with Crippen molar-refractivity contribution in [1.29, 1.82) is 0 Å². The molecule has 0 radical (unpaired) electrons. The smallest absolute Gasteiger partial charge is 0.328 e. The largest absolute Gasteiger partial charge is 0.480 e. The van der Waals surface area contributed by atoms with E-state index in [0.29, 0.717) is 17.9 Å². The zero-order chi connectivity index (χ0) is 23.7. The lowest BCUT2D eigenvalue weighted by atomic mass is 10.0. The monoisotopic (exact) mass is 477 g/mol. The Morgan fingerprint density at radius 2 is 2.00 bits per heavy atom. The Morgan fingerprint density at radius 3 is 2.73 bits per heavy atom. The summed E-state index contributed by atoms with van der Waals surface area (Å²) in [7, 11) is 0. The number of amides is 3. The summed E-state index contributed by atoms with van der Waals surface area (Å²) in [4.78, 5) is 62.1. The number of thioether (sulfide) groups is 1. The van der Waals surface area contributed by atoms with Gasteiger partial charge in [-0.15, -0.1) is 0 Å². The summed E-state index contributed by atoms with van der Waals surface area (Å²) < 4.78 is 10.6. The van der Waals surface area contributed by atoms with Crippen molar-refractivity contribution >= 4 is 40.6 Å². The first-order valence-electron chi connectivity index (χ1n) is 10.5. The van der Waals surface area contributed by atoms with Gasteiger partial charge >= 0.3 is 5.97 Å². The van der Waals surface area contributed by atoms with E-state index in [2.05, 4.69) is 5.32 Å². The molecule has 0 aliphatic carbocycles. The van der Waals surface area contributed by atoms with Gasteiger partial charge in [-0.1, -0.05) is 17.8 Å². The molecule has 3 aliphatic rings. The maximum atomic E-state index is 13.1. The molecule has 3 atom stereocenters. The number of benzene rings is 1. The number of nitrogens with zero attached hydrogens (tertiary/aromatic N) is 2. The van der Waals surface area contributed by atoms with Gasteiger partial charge in [0.05, 0.1) is 11.7 Å². The third kappa shape index (κ3) is 4.75. The van der Waals surface area contributed by atoms with Gasteiger partial charge in [0.2, 0.25) is 18.6 Å². The van der Waals surface area contributed by atoms with Crippen LogP contribution in [0.15, 0.2) is 18.2 Å². The molecular weight excluding hydrogens is 454 g/mol. The molecule has 3 aliphatic heterocycles. The number of hydrogen-bond acceptors (Lipinski definition) is 8. The van der Waals surface area contributed by atoms with Crippen LogP contribution in [0.5, 0.6) is 11.5 Å². The molecule has 2 saturated heterocycles. The van der Waals surface area contributed by atoms with Crippen molar-refractivity contribution in [3.8, 4) is 11.5 Å². The first-order chi connectivity index (χ1) is 15.7. The minimum Gasteiger partial charge on any atom is -0.480 e. The maximum Gasteiger partial charge on any atom is 0.328 e. The Morgan fingerprint density at radius 1 is 1.24 bits per heavy atom. The summed E-state index contributed by atoms with van der Waals surface area (Å²) in [5.74, 6) is -1.75. The lowest BCUT2D eigenvalue weighted by molar-refractivity contribution is -0.190. The molecular formula is C21H23N3O8S. The number of hydrogen-bond donors (Lipinski definition) is 2. The van der Waals surface area contributed by atoms with Crippen LogP contribution < -0.4 is 14.8 Å². The Hall–Kier alpha value is -3.28. The van der Waals surface area contributed by atoms with Gasteiger partial charge in [-0.05, 0) is 37.0 Å². The minimum absolute atomic E-state index is 0.105. The van der Waals surface area contributed by atoms with Gasteiger partial charge in [0.25, 0.3) is 5.91 Å². The highest BCUT2D eigenvalue weighted by Gasteiger charge is 2.47. The number of rotatable bonds is 6. The average Bonchev–Trinajstić information content (AvgIpc) is 3.24. The van der Waals surface area contributed by atoms with Crippen LogP contribution in [0.3, 0.4) is 0 Å². The summed E-state index contributed by atoms with van der Waals surface area (Å²) >= 11 is 0.817. The first-order valence-corrected chi connectivity index (χ1v) is 11.3. The number of ether oxygens (including phenoxy) is 2. The number of carbonyl (C=O) groups excluding carboxylic acids is 4. The number of carbonyl (C=O) groups is 5. The Balaban J connectivity index is 1.50. The SMILES string of the molecule is CC(=O)S[C@H](Cc1ccc2c(c1)OCO2)C(=O)NC1CC(=O)N2CCC[C@@H](C(=O)O)N2C1=O. The summed E-state index contributed by atoms with van der Waals surface area (Å²) in [5, 5.41) is 13.0. The van der Waals surface area contributed by atoms with Gasteiger partial charge in [0.15, 0.2) is 22.7 Å². The minimum atomic E-state index is -1.21. The fraction of sp³-hybridized carbons (Fsp3) is 0.476. The molecule has 0 aromatic heterocycles. The van der Waals surface area contributed by atoms with Crippen molar-refractivity contribution in [2.24, 2.45) is 0 Å². The molecule has 3 amide bonds. The van der Waals surface area contributed by atoms with Crippen LogP contribution in [0.1, 0.15) is 31.7 Å². The Kier molecular flexibility index (Phi) is 6.45. The molecule has 3 heterocycles. The van der Waals surface area contributed by atoms with E-state index in [1.807, 2.05) is 0 Å². The molecule has 0 saturated carbocycles. The van der Waals surface area contributed by atoms with Gasteiger partial charge in [-0.2, -0.15) is 0 Å². The van der Waals surface area contributed by atoms with Crippen LogP contribution in [-0.4, -0.2) is 74.6 Å². The molecule has 11 nitrogen and oxygen atoms in total. The van der Waals surface area contributed by atoms with E-state index >= 15 is 0 Å². The second kappa shape index (κ2) is 9.30. The standard InChI is InChI=1S/C21H23N3O8S/c1-11(25)33-17(8-12-4-5-15-16(7-12)32-10-31-15)19(27)22-13-9-18(26)23-6-2-3-14(21(29)30)24(23)20(13)28/h4-5,7,13-14,17H,2-3,6,8-10H2,1H3,(H,22,27)(H,29,30)/t13?,14-,17+/m0/s1. The van der Waals surface area contributed by atoms with E-state index in [-0.39, 0.29) is 37.7 Å². The van der Waals surface area contributed by atoms with Gasteiger partial charge in [-0.25, -0.2) is 9.80 Å².